The second kappa shape index (κ2) is 10.3. The summed E-state index contributed by atoms with van der Waals surface area (Å²) in [5, 5.41) is 6.80. The molecular formula is C19H36N4O2. The van der Waals surface area contributed by atoms with E-state index in [9.17, 15) is 0 Å². The van der Waals surface area contributed by atoms with E-state index in [0.29, 0.717) is 5.92 Å². The van der Waals surface area contributed by atoms with Gasteiger partial charge in [-0.3, -0.25) is 4.99 Å². The zero-order valence-electron chi connectivity index (χ0n) is 15.8. The predicted molar refractivity (Wildman–Crippen MR) is 101 cm³/mol. The number of guanidine groups is 1. The van der Waals surface area contributed by atoms with Crippen molar-refractivity contribution in [2.45, 2.75) is 45.1 Å². The van der Waals surface area contributed by atoms with Crippen molar-refractivity contribution in [3.05, 3.63) is 0 Å². The number of hydrogen-bond acceptors (Lipinski definition) is 4. The van der Waals surface area contributed by atoms with Crippen molar-refractivity contribution in [3.63, 3.8) is 0 Å². The van der Waals surface area contributed by atoms with Gasteiger partial charge in [-0.15, -0.1) is 0 Å². The van der Waals surface area contributed by atoms with E-state index in [1.54, 1.807) is 0 Å². The van der Waals surface area contributed by atoms with E-state index in [-0.39, 0.29) is 0 Å². The molecule has 6 nitrogen and oxygen atoms in total. The summed E-state index contributed by atoms with van der Waals surface area (Å²) in [6.45, 7) is 10.8. The molecule has 1 aliphatic carbocycles. The molecule has 0 aromatic carbocycles. The van der Waals surface area contributed by atoms with Gasteiger partial charge in [-0.1, -0.05) is 0 Å². The maximum absolute atomic E-state index is 5.75. The summed E-state index contributed by atoms with van der Waals surface area (Å²) in [4.78, 5) is 7.46. The molecule has 0 aromatic heterocycles. The van der Waals surface area contributed by atoms with Crippen molar-refractivity contribution in [1.82, 2.24) is 15.5 Å². The van der Waals surface area contributed by atoms with Crippen LogP contribution >= 0.6 is 0 Å². The first-order valence-electron chi connectivity index (χ1n) is 10.3. The summed E-state index contributed by atoms with van der Waals surface area (Å²) in [6.07, 6.45) is 6.29. The molecule has 2 aliphatic heterocycles. The SMILES string of the molecule is CCNC(=NCC1CCN(C2CC2)C1)NCCCOCC1CCOC1. The highest BCUT2D eigenvalue weighted by molar-refractivity contribution is 5.79. The fourth-order valence-electron chi connectivity index (χ4n) is 3.69. The third-order valence-electron chi connectivity index (χ3n) is 5.37. The Hall–Kier alpha value is -0.850. The zero-order chi connectivity index (χ0) is 17.3. The Labute approximate surface area is 152 Å². The minimum Gasteiger partial charge on any atom is -0.381 e. The van der Waals surface area contributed by atoms with E-state index >= 15 is 0 Å². The van der Waals surface area contributed by atoms with Crippen molar-refractivity contribution in [2.75, 3.05) is 59.2 Å². The molecule has 0 bridgehead atoms. The summed E-state index contributed by atoms with van der Waals surface area (Å²) < 4.78 is 11.1. The fraction of sp³-hybridized carbons (Fsp3) is 0.947. The standard InChI is InChI=1S/C19H36N4O2/c1-2-20-19(21-8-3-10-24-14-17-7-11-25-15-17)22-12-16-6-9-23(13-16)18-4-5-18/h16-18H,2-15H2,1H3,(H2,20,21,22). The van der Waals surface area contributed by atoms with E-state index in [1.165, 1.54) is 32.4 Å². The Kier molecular flexibility index (Phi) is 7.82. The summed E-state index contributed by atoms with van der Waals surface area (Å²) >= 11 is 0. The minimum absolute atomic E-state index is 0.605. The Bertz CT molecular complexity index is 408. The predicted octanol–water partition coefficient (Wildman–Crippen LogP) is 1.47. The minimum atomic E-state index is 0.605. The number of aliphatic imine (C=N–C) groups is 1. The van der Waals surface area contributed by atoms with Gasteiger partial charge in [0.15, 0.2) is 5.96 Å². The van der Waals surface area contributed by atoms with Crippen molar-refractivity contribution in [1.29, 1.82) is 0 Å². The van der Waals surface area contributed by atoms with Gasteiger partial charge in [0.1, 0.15) is 0 Å². The molecule has 0 amide bonds. The number of nitrogens with zero attached hydrogens (tertiary/aromatic N) is 2. The van der Waals surface area contributed by atoms with E-state index in [2.05, 4.69) is 22.5 Å². The average Bonchev–Trinajstić information content (AvgIpc) is 3.14. The Morgan fingerprint density at radius 3 is 2.88 bits per heavy atom. The third-order valence-corrected chi connectivity index (χ3v) is 5.37. The Morgan fingerprint density at radius 2 is 2.12 bits per heavy atom. The lowest BCUT2D eigenvalue weighted by Crippen LogP contribution is -2.38. The van der Waals surface area contributed by atoms with E-state index in [4.69, 9.17) is 14.5 Å². The van der Waals surface area contributed by atoms with Crippen molar-refractivity contribution >= 4 is 5.96 Å². The van der Waals surface area contributed by atoms with Crippen LogP contribution in [-0.4, -0.2) is 76.1 Å². The first kappa shape index (κ1) is 18.9. The quantitative estimate of drug-likeness (QED) is 0.354. The summed E-state index contributed by atoms with van der Waals surface area (Å²) in [6, 6.07) is 0.899. The third kappa shape index (κ3) is 6.76. The van der Waals surface area contributed by atoms with Crippen LogP contribution in [0.5, 0.6) is 0 Å². The van der Waals surface area contributed by atoms with Gasteiger partial charge in [-0.05, 0) is 51.5 Å². The average molecular weight is 353 g/mol. The van der Waals surface area contributed by atoms with Crippen LogP contribution in [0.3, 0.4) is 0 Å². The molecule has 2 atom stereocenters. The van der Waals surface area contributed by atoms with Crippen LogP contribution in [0.25, 0.3) is 0 Å². The van der Waals surface area contributed by atoms with Crippen molar-refractivity contribution < 1.29 is 9.47 Å². The van der Waals surface area contributed by atoms with Gasteiger partial charge < -0.3 is 25.0 Å². The first-order chi connectivity index (χ1) is 12.3. The van der Waals surface area contributed by atoms with Gasteiger partial charge >= 0.3 is 0 Å². The Balaban J connectivity index is 1.26. The van der Waals surface area contributed by atoms with Crippen LogP contribution in [0.15, 0.2) is 4.99 Å². The number of ether oxygens (including phenoxy) is 2. The molecule has 0 spiro atoms. The number of likely N-dealkylation sites (tertiary alicyclic amines) is 1. The molecule has 144 valence electrons. The van der Waals surface area contributed by atoms with Crippen LogP contribution in [0.4, 0.5) is 0 Å². The van der Waals surface area contributed by atoms with Crippen LogP contribution in [0.2, 0.25) is 0 Å². The maximum Gasteiger partial charge on any atom is 0.191 e. The number of nitrogens with one attached hydrogen (secondary N) is 2. The van der Waals surface area contributed by atoms with Crippen LogP contribution in [0.1, 0.15) is 39.0 Å². The molecule has 2 heterocycles. The molecule has 2 unspecified atom stereocenters. The summed E-state index contributed by atoms with van der Waals surface area (Å²) in [7, 11) is 0. The molecule has 1 saturated carbocycles. The highest BCUT2D eigenvalue weighted by atomic mass is 16.5. The smallest absolute Gasteiger partial charge is 0.191 e. The monoisotopic (exact) mass is 352 g/mol. The van der Waals surface area contributed by atoms with Crippen LogP contribution < -0.4 is 10.6 Å². The molecule has 25 heavy (non-hydrogen) atoms. The molecule has 0 radical (unpaired) electrons. The van der Waals surface area contributed by atoms with Gasteiger partial charge in [0.2, 0.25) is 0 Å². The summed E-state index contributed by atoms with van der Waals surface area (Å²) in [5.41, 5.74) is 0. The summed E-state index contributed by atoms with van der Waals surface area (Å²) in [5.74, 6) is 2.29. The van der Waals surface area contributed by atoms with Gasteiger partial charge in [0.25, 0.3) is 0 Å². The van der Waals surface area contributed by atoms with Crippen LogP contribution in [0, 0.1) is 11.8 Å². The second-order valence-corrected chi connectivity index (χ2v) is 7.69. The second-order valence-electron chi connectivity index (χ2n) is 7.69. The van der Waals surface area contributed by atoms with E-state index < -0.39 is 0 Å². The molecule has 2 N–H and O–H groups in total. The maximum atomic E-state index is 5.75. The fourth-order valence-corrected chi connectivity index (χ4v) is 3.69. The lowest BCUT2D eigenvalue weighted by atomic mass is 10.1. The van der Waals surface area contributed by atoms with Gasteiger partial charge in [0.05, 0.1) is 13.2 Å². The van der Waals surface area contributed by atoms with Crippen molar-refractivity contribution in [2.24, 2.45) is 16.8 Å². The lowest BCUT2D eigenvalue weighted by Gasteiger charge is -2.15. The number of hydrogen-bond donors (Lipinski definition) is 2. The normalized spacial score (nSPS) is 27.8. The van der Waals surface area contributed by atoms with E-state index in [1.807, 2.05) is 0 Å². The molecule has 6 heteroatoms. The molecule has 0 aromatic rings. The first-order valence-corrected chi connectivity index (χ1v) is 10.3. The van der Waals surface area contributed by atoms with Crippen LogP contribution in [-0.2, 0) is 9.47 Å². The molecule has 3 rings (SSSR count). The van der Waals surface area contributed by atoms with Crippen molar-refractivity contribution in [3.8, 4) is 0 Å². The molecule has 2 saturated heterocycles. The van der Waals surface area contributed by atoms with Gasteiger partial charge in [-0.25, -0.2) is 0 Å². The molecule has 3 aliphatic rings. The topological polar surface area (TPSA) is 58.1 Å². The van der Waals surface area contributed by atoms with Gasteiger partial charge in [0, 0.05) is 51.4 Å². The Morgan fingerprint density at radius 1 is 1.20 bits per heavy atom. The largest absolute Gasteiger partial charge is 0.381 e. The number of rotatable bonds is 10. The van der Waals surface area contributed by atoms with E-state index in [0.717, 1.165) is 76.8 Å². The molecule has 3 fully saturated rings. The highest BCUT2D eigenvalue weighted by Crippen LogP contribution is 2.31. The van der Waals surface area contributed by atoms with Gasteiger partial charge in [-0.2, -0.15) is 0 Å². The highest BCUT2D eigenvalue weighted by Gasteiger charge is 2.34. The lowest BCUT2D eigenvalue weighted by molar-refractivity contribution is 0.0888. The zero-order valence-corrected chi connectivity index (χ0v) is 15.8. The molecular weight excluding hydrogens is 316 g/mol.